The van der Waals surface area contributed by atoms with E-state index in [4.69, 9.17) is 21.1 Å². The fraction of sp³-hybridized carbons (Fsp3) is 0.636. The zero-order valence-corrected chi connectivity index (χ0v) is 11.0. The van der Waals surface area contributed by atoms with Crippen LogP contribution in [0.1, 0.15) is 5.69 Å². The summed E-state index contributed by atoms with van der Waals surface area (Å²) in [6, 6.07) is 0. The monoisotopic (exact) mass is 259 g/mol. The molecular formula is C11H18ClN3O2. The third-order valence-electron chi connectivity index (χ3n) is 2.28. The van der Waals surface area contributed by atoms with E-state index in [-0.39, 0.29) is 0 Å². The Balaban J connectivity index is 2.48. The fourth-order valence-corrected chi connectivity index (χ4v) is 1.46. The summed E-state index contributed by atoms with van der Waals surface area (Å²) in [5.41, 5.74) is 0.890. The van der Waals surface area contributed by atoms with Crippen molar-refractivity contribution in [1.29, 1.82) is 0 Å². The molecule has 0 unspecified atom stereocenters. The van der Waals surface area contributed by atoms with Crippen molar-refractivity contribution in [2.75, 3.05) is 40.5 Å². The standard InChI is InChI=1S/C11H18ClN3O2/c1-16-5-3-15(4-6-17-2)9-10-7-14-11(12)8-13-10/h7-8H,3-6,9H2,1-2H3. The first kappa shape index (κ1) is 14.3. The van der Waals surface area contributed by atoms with Crippen molar-refractivity contribution in [2.24, 2.45) is 0 Å². The lowest BCUT2D eigenvalue weighted by molar-refractivity contribution is 0.109. The van der Waals surface area contributed by atoms with Crippen LogP contribution in [0.15, 0.2) is 12.4 Å². The van der Waals surface area contributed by atoms with Gasteiger partial charge in [-0.05, 0) is 0 Å². The molecule has 5 nitrogen and oxygen atoms in total. The van der Waals surface area contributed by atoms with Gasteiger partial charge in [0.05, 0.1) is 31.3 Å². The zero-order chi connectivity index (χ0) is 12.5. The topological polar surface area (TPSA) is 47.5 Å². The molecule has 1 rings (SSSR count). The van der Waals surface area contributed by atoms with Gasteiger partial charge in [-0.2, -0.15) is 0 Å². The summed E-state index contributed by atoms with van der Waals surface area (Å²) in [5.74, 6) is 0. The van der Waals surface area contributed by atoms with Crippen LogP contribution in [0.2, 0.25) is 5.15 Å². The Hall–Kier alpha value is -0.750. The van der Waals surface area contributed by atoms with Gasteiger partial charge in [-0.25, -0.2) is 4.98 Å². The lowest BCUT2D eigenvalue weighted by atomic mass is 10.4. The summed E-state index contributed by atoms with van der Waals surface area (Å²) in [7, 11) is 3.38. The van der Waals surface area contributed by atoms with Gasteiger partial charge in [0.15, 0.2) is 0 Å². The van der Waals surface area contributed by atoms with Gasteiger partial charge >= 0.3 is 0 Å². The average molecular weight is 260 g/mol. The van der Waals surface area contributed by atoms with Crippen LogP contribution in [0, 0.1) is 0 Å². The lowest BCUT2D eigenvalue weighted by Crippen LogP contribution is -2.30. The van der Waals surface area contributed by atoms with E-state index in [0.29, 0.717) is 18.4 Å². The summed E-state index contributed by atoms with van der Waals surface area (Å²) in [5, 5.41) is 0.411. The van der Waals surface area contributed by atoms with E-state index in [1.54, 1.807) is 26.6 Å². The highest BCUT2D eigenvalue weighted by molar-refractivity contribution is 6.29. The average Bonchev–Trinajstić information content (AvgIpc) is 2.35. The van der Waals surface area contributed by atoms with Crippen molar-refractivity contribution in [1.82, 2.24) is 14.9 Å². The minimum Gasteiger partial charge on any atom is -0.383 e. The summed E-state index contributed by atoms with van der Waals surface area (Å²) in [6.07, 6.45) is 3.25. The van der Waals surface area contributed by atoms with E-state index in [0.717, 1.165) is 25.3 Å². The summed E-state index contributed by atoms with van der Waals surface area (Å²) in [6.45, 7) is 3.76. The Kier molecular flexibility index (Phi) is 7.04. The smallest absolute Gasteiger partial charge is 0.147 e. The second kappa shape index (κ2) is 8.36. The molecule has 0 saturated heterocycles. The molecule has 0 aromatic carbocycles. The van der Waals surface area contributed by atoms with Crippen LogP contribution in [0.25, 0.3) is 0 Å². The third-order valence-corrected chi connectivity index (χ3v) is 2.48. The predicted octanol–water partition coefficient (Wildman–Crippen LogP) is 1.22. The molecule has 1 aromatic rings. The SMILES string of the molecule is COCCN(CCOC)Cc1cnc(Cl)cn1. The van der Waals surface area contributed by atoms with E-state index < -0.39 is 0 Å². The van der Waals surface area contributed by atoms with E-state index in [1.165, 1.54) is 0 Å². The maximum absolute atomic E-state index is 5.69. The Morgan fingerprint density at radius 3 is 2.24 bits per heavy atom. The largest absolute Gasteiger partial charge is 0.383 e. The Labute approximate surface area is 107 Å². The molecular weight excluding hydrogens is 242 g/mol. The molecule has 1 aromatic heterocycles. The lowest BCUT2D eigenvalue weighted by Gasteiger charge is -2.20. The minimum absolute atomic E-state index is 0.411. The van der Waals surface area contributed by atoms with Gasteiger partial charge in [-0.1, -0.05) is 11.6 Å². The maximum Gasteiger partial charge on any atom is 0.147 e. The Bertz CT molecular complexity index is 300. The summed E-state index contributed by atoms with van der Waals surface area (Å²) >= 11 is 5.69. The molecule has 6 heteroatoms. The first-order valence-electron chi connectivity index (χ1n) is 5.43. The highest BCUT2D eigenvalue weighted by atomic mass is 35.5. The predicted molar refractivity (Wildman–Crippen MR) is 66.1 cm³/mol. The van der Waals surface area contributed by atoms with Crippen LogP contribution in [-0.2, 0) is 16.0 Å². The van der Waals surface area contributed by atoms with Gasteiger partial charge in [0.25, 0.3) is 0 Å². The van der Waals surface area contributed by atoms with Crippen LogP contribution in [-0.4, -0.2) is 55.4 Å². The van der Waals surface area contributed by atoms with Gasteiger partial charge in [-0.15, -0.1) is 0 Å². The normalized spacial score (nSPS) is 11.1. The molecule has 0 saturated carbocycles. The number of rotatable bonds is 8. The highest BCUT2D eigenvalue weighted by Gasteiger charge is 2.06. The third kappa shape index (κ3) is 5.93. The molecule has 0 N–H and O–H groups in total. The number of ether oxygens (including phenoxy) is 2. The first-order valence-corrected chi connectivity index (χ1v) is 5.80. The van der Waals surface area contributed by atoms with Crippen molar-refractivity contribution in [3.05, 3.63) is 23.2 Å². The first-order chi connectivity index (χ1) is 8.26. The molecule has 17 heavy (non-hydrogen) atoms. The van der Waals surface area contributed by atoms with Crippen LogP contribution in [0.5, 0.6) is 0 Å². The maximum atomic E-state index is 5.69. The molecule has 1 heterocycles. The Morgan fingerprint density at radius 2 is 1.76 bits per heavy atom. The van der Waals surface area contributed by atoms with Crippen LogP contribution in [0.4, 0.5) is 0 Å². The summed E-state index contributed by atoms with van der Waals surface area (Å²) in [4.78, 5) is 10.4. The van der Waals surface area contributed by atoms with Gasteiger partial charge in [0, 0.05) is 33.9 Å². The molecule has 0 radical (unpaired) electrons. The fourth-order valence-electron chi connectivity index (χ4n) is 1.36. The number of halogens is 1. The van der Waals surface area contributed by atoms with E-state index in [1.807, 2.05) is 0 Å². The Morgan fingerprint density at radius 1 is 1.12 bits per heavy atom. The van der Waals surface area contributed by atoms with Gasteiger partial charge in [0.1, 0.15) is 5.15 Å². The molecule has 0 spiro atoms. The number of methoxy groups -OCH3 is 2. The van der Waals surface area contributed by atoms with Gasteiger partial charge in [-0.3, -0.25) is 9.88 Å². The molecule has 0 bridgehead atoms. The minimum atomic E-state index is 0.411. The number of hydrogen-bond acceptors (Lipinski definition) is 5. The second-order valence-electron chi connectivity index (χ2n) is 3.59. The number of nitrogens with zero attached hydrogens (tertiary/aromatic N) is 3. The van der Waals surface area contributed by atoms with Crippen molar-refractivity contribution in [3.8, 4) is 0 Å². The molecule has 96 valence electrons. The van der Waals surface area contributed by atoms with Crippen LogP contribution >= 0.6 is 11.6 Å². The van der Waals surface area contributed by atoms with Crippen molar-refractivity contribution in [3.63, 3.8) is 0 Å². The molecule has 0 amide bonds. The number of aromatic nitrogens is 2. The van der Waals surface area contributed by atoms with E-state index in [2.05, 4.69) is 14.9 Å². The molecule has 0 atom stereocenters. The second-order valence-corrected chi connectivity index (χ2v) is 3.98. The molecule has 0 aliphatic carbocycles. The van der Waals surface area contributed by atoms with Crippen LogP contribution < -0.4 is 0 Å². The van der Waals surface area contributed by atoms with Crippen LogP contribution in [0.3, 0.4) is 0 Å². The quantitative estimate of drug-likeness (QED) is 0.703. The summed E-state index contributed by atoms with van der Waals surface area (Å²) < 4.78 is 10.1. The highest BCUT2D eigenvalue weighted by Crippen LogP contribution is 2.04. The van der Waals surface area contributed by atoms with Gasteiger partial charge < -0.3 is 9.47 Å². The number of hydrogen-bond donors (Lipinski definition) is 0. The molecule has 0 fully saturated rings. The van der Waals surface area contributed by atoms with Crippen molar-refractivity contribution >= 4 is 11.6 Å². The van der Waals surface area contributed by atoms with Crippen molar-refractivity contribution < 1.29 is 9.47 Å². The molecule has 0 aliphatic heterocycles. The zero-order valence-electron chi connectivity index (χ0n) is 10.2. The molecule has 0 aliphatic rings. The van der Waals surface area contributed by atoms with Gasteiger partial charge in [0.2, 0.25) is 0 Å². The van der Waals surface area contributed by atoms with E-state index >= 15 is 0 Å². The van der Waals surface area contributed by atoms with E-state index in [9.17, 15) is 0 Å². The van der Waals surface area contributed by atoms with Crippen molar-refractivity contribution in [2.45, 2.75) is 6.54 Å².